The van der Waals surface area contributed by atoms with E-state index in [-0.39, 0.29) is 12.1 Å². The molecule has 6 heteroatoms. The van der Waals surface area contributed by atoms with Crippen molar-refractivity contribution >= 4 is 27.5 Å². The molecule has 1 aromatic carbocycles. The Balaban J connectivity index is 1.68. The van der Waals surface area contributed by atoms with Crippen molar-refractivity contribution in [1.82, 2.24) is 9.55 Å². The first kappa shape index (κ1) is 16.4. The van der Waals surface area contributed by atoms with E-state index in [0.29, 0.717) is 29.1 Å². The minimum atomic E-state index is -0.427. The average molecular weight is 342 g/mol. The van der Waals surface area contributed by atoms with Crippen LogP contribution in [0, 0.1) is 13.8 Å². The highest BCUT2D eigenvalue weighted by Crippen LogP contribution is 2.20. The first-order valence-electron chi connectivity index (χ1n) is 7.72. The number of aromatic nitrogens is 2. The lowest BCUT2D eigenvalue weighted by molar-refractivity contribution is -0.144. The molecule has 3 rings (SSSR count). The fourth-order valence-electron chi connectivity index (χ4n) is 2.53. The molecule has 0 aliphatic heterocycles. The third kappa shape index (κ3) is 3.54. The molecule has 0 spiro atoms. The van der Waals surface area contributed by atoms with E-state index in [1.807, 2.05) is 43.3 Å². The Morgan fingerprint density at radius 2 is 2.00 bits per heavy atom. The highest BCUT2D eigenvalue weighted by atomic mass is 32.1. The van der Waals surface area contributed by atoms with Crippen LogP contribution in [0.1, 0.15) is 16.3 Å². The molecule has 0 unspecified atom stereocenters. The maximum absolute atomic E-state index is 12.5. The van der Waals surface area contributed by atoms with E-state index >= 15 is 0 Å². The molecule has 0 aliphatic carbocycles. The average Bonchev–Trinajstić information content (AvgIpc) is 2.93. The fourth-order valence-corrected chi connectivity index (χ4v) is 3.44. The number of esters is 1. The number of carbonyl (C=O) groups excluding carboxylic acids is 1. The summed E-state index contributed by atoms with van der Waals surface area (Å²) >= 11 is 1.48. The summed E-state index contributed by atoms with van der Waals surface area (Å²) in [7, 11) is 0. The molecule has 124 valence electrons. The quantitative estimate of drug-likeness (QED) is 0.669. The Labute approximate surface area is 143 Å². The van der Waals surface area contributed by atoms with Crippen LogP contribution in [0.5, 0.6) is 0 Å². The number of ether oxygens (including phenoxy) is 1. The van der Waals surface area contributed by atoms with Crippen LogP contribution in [0.15, 0.2) is 41.2 Å². The van der Waals surface area contributed by atoms with Crippen LogP contribution in [-0.4, -0.2) is 22.1 Å². The summed E-state index contributed by atoms with van der Waals surface area (Å²) < 4.78 is 6.63. The summed E-state index contributed by atoms with van der Waals surface area (Å²) in [6.07, 6.45) is 0.654. The predicted octanol–water partition coefficient (Wildman–Crippen LogP) is 2.86. The molecule has 0 saturated heterocycles. The molecule has 0 radical (unpaired) electrons. The Bertz CT molecular complexity index is 929. The van der Waals surface area contributed by atoms with Gasteiger partial charge in [-0.3, -0.25) is 14.2 Å². The zero-order valence-corrected chi connectivity index (χ0v) is 14.4. The lowest BCUT2D eigenvalue weighted by Crippen LogP contribution is -2.28. The van der Waals surface area contributed by atoms with Crippen LogP contribution in [0.25, 0.3) is 10.2 Å². The smallest absolute Gasteiger partial charge is 0.326 e. The van der Waals surface area contributed by atoms with E-state index < -0.39 is 5.97 Å². The Morgan fingerprint density at radius 1 is 1.25 bits per heavy atom. The van der Waals surface area contributed by atoms with E-state index in [2.05, 4.69) is 4.98 Å². The highest BCUT2D eigenvalue weighted by Gasteiger charge is 2.14. The Kier molecular flexibility index (Phi) is 4.76. The molecule has 0 fully saturated rings. The summed E-state index contributed by atoms with van der Waals surface area (Å²) in [6.45, 7) is 3.84. The van der Waals surface area contributed by atoms with Crippen LogP contribution in [0.2, 0.25) is 0 Å². The van der Waals surface area contributed by atoms with Gasteiger partial charge in [0.2, 0.25) is 0 Å². The molecule has 2 aromatic heterocycles. The van der Waals surface area contributed by atoms with Crippen LogP contribution in [0.4, 0.5) is 0 Å². The van der Waals surface area contributed by atoms with Crippen molar-refractivity contribution in [2.75, 3.05) is 6.61 Å². The largest absolute Gasteiger partial charge is 0.464 e. The monoisotopic (exact) mass is 342 g/mol. The van der Waals surface area contributed by atoms with Gasteiger partial charge in [0.05, 0.1) is 12.0 Å². The normalized spacial score (nSPS) is 10.9. The molecule has 3 aromatic rings. The highest BCUT2D eigenvalue weighted by molar-refractivity contribution is 7.18. The Hall–Kier alpha value is -2.47. The van der Waals surface area contributed by atoms with E-state index in [9.17, 15) is 9.59 Å². The molecule has 5 nitrogen and oxygen atoms in total. The lowest BCUT2D eigenvalue weighted by atomic mass is 10.2. The van der Waals surface area contributed by atoms with Crippen LogP contribution in [-0.2, 0) is 22.5 Å². The van der Waals surface area contributed by atoms with Gasteiger partial charge in [-0.2, -0.15) is 0 Å². The molecule has 2 heterocycles. The molecule has 24 heavy (non-hydrogen) atoms. The van der Waals surface area contributed by atoms with E-state index in [4.69, 9.17) is 4.74 Å². The van der Waals surface area contributed by atoms with E-state index in [1.165, 1.54) is 15.9 Å². The molecular weight excluding hydrogens is 324 g/mol. The van der Waals surface area contributed by atoms with Gasteiger partial charge in [0.1, 0.15) is 17.2 Å². The summed E-state index contributed by atoms with van der Waals surface area (Å²) in [5, 5.41) is 0.556. The maximum Gasteiger partial charge on any atom is 0.326 e. The summed E-state index contributed by atoms with van der Waals surface area (Å²) in [4.78, 5) is 30.7. The molecule has 0 saturated carbocycles. The van der Waals surface area contributed by atoms with Gasteiger partial charge in [-0.1, -0.05) is 30.3 Å². The maximum atomic E-state index is 12.5. The van der Waals surface area contributed by atoms with Crippen molar-refractivity contribution in [3.63, 3.8) is 0 Å². The van der Waals surface area contributed by atoms with Crippen molar-refractivity contribution in [1.29, 1.82) is 0 Å². The molecule has 0 aliphatic rings. The fraction of sp³-hybridized carbons (Fsp3) is 0.278. The molecule has 0 atom stereocenters. The van der Waals surface area contributed by atoms with Crippen molar-refractivity contribution in [2.45, 2.75) is 26.8 Å². The van der Waals surface area contributed by atoms with Crippen molar-refractivity contribution < 1.29 is 9.53 Å². The minimum Gasteiger partial charge on any atom is -0.464 e. The summed E-state index contributed by atoms with van der Waals surface area (Å²) in [5.74, 6) is 0.0959. The zero-order chi connectivity index (χ0) is 17.1. The van der Waals surface area contributed by atoms with Gasteiger partial charge in [0, 0.05) is 11.3 Å². The van der Waals surface area contributed by atoms with Gasteiger partial charge in [0.25, 0.3) is 5.56 Å². The molecule has 0 N–H and O–H groups in total. The summed E-state index contributed by atoms with van der Waals surface area (Å²) in [5.41, 5.74) is 0.914. The molecule has 0 bridgehead atoms. The topological polar surface area (TPSA) is 61.2 Å². The second-order valence-corrected chi connectivity index (χ2v) is 6.82. The first-order valence-corrected chi connectivity index (χ1v) is 8.53. The SMILES string of the molecule is Cc1cc2c(=O)n(CC(=O)OCCc3ccccc3)c(C)nc2s1. The number of nitrogens with zero attached hydrogens (tertiary/aromatic N) is 2. The number of thiophene rings is 1. The number of hydrogen-bond donors (Lipinski definition) is 0. The number of carbonyl (C=O) groups is 1. The van der Waals surface area contributed by atoms with E-state index in [1.54, 1.807) is 6.92 Å². The second-order valence-electron chi connectivity index (χ2n) is 5.58. The van der Waals surface area contributed by atoms with Gasteiger partial charge in [-0.25, -0.2) is 4.98 Å². The van der Waals surface area contributed by atoms with Gasteiger partial charge >= 0.3 is 5.97 Å². The first-order chi connectivity index (χ1) is 11.5. The zero-order valence-electron chi connectivity index (χ0n) is 13.6. The van der Waals surface area contributed by atoms with E-state index in [0.717, 1.165) is 10.4 Å². The Morgan fingerprint density at radius 3 is 2.75 bits per heavy atom. The van der Waals surface area contributed by atoms with Crippen molar-refractivity contribution in [3.05, 3.63) is 63.0 Å². The van der Waals surface area contributed by atoms with Crippen LogP contribution < -0.4 is 5.56 Å². The van der Waals surface area contributed by atoms with Gasteiger partial charge < -0.3 is 4.74 Å². The van der Waals surface area contributed by atoms with Crippen molar-refractivity contribution in [2.24, 2.45) is 0 Å². The van der Waals surface area contributed by atoms with Crippen LogP contribution >= 0.6 is 11.3 Å². The van der Waals surface area contributed by atoms with Gasteiger partial charge in [-0.15, -0.1) is 11.3 Å². The second kappa shape index (κ2) is 6.97. The third-order valence-corrected chi connectivity index (χ3v) is 4.69. The molecular formula is C18H18N2O3S. The van der Waals surface area contributed by atoms with Crippen LogP contribution in [0.3, 0.4) is 0 Å². The summed E-state index contributed by atoms with van der Waals surface area (Å²) in [6, 6.07) is 11.6. The predicted molar refractivity (Wildman–Crippen MR) is 94.5 cm³/mol. The van der Waals surface area contributed by atoms with Gasteiger partial charge in [0.15, 0.2) is 0 Å². The number of benzene rings is 1. The third-order valence-electron chi connectivity index (χ3n) is 3.75. The van der Waals surface area contributed by atoms with Crippen molar-refractivity contribution in [3.8, 4) is 0 Å². The van der Waals surface area contributed by atoms with Gasteiger partial charge in [-0.05, 0) is 25.5 Å². The number of aryl methyl sites for hydroxylation is 2. The molecule has 0 amide bonds. The number of hydrogen-bond acceptors (Lipinski definition) is 5. The lowest BCUT2D eigenvalue weighted by Gasteiger charge is -2.09. The minimum absolute atomic E-state index is 0.114. The standard InChI is InChI=1S/C18H18N2O3S/c1-12-10-15-17(24-12)19-13(2)20(18(15)22)11-16(21)23-9-8-14-6-4-3-5-7-14/h3-7,10H,8-9,11H2,1-2H3. The number of fused-ring (bicyclic) bond motifs is 1. The number of rotatable bonds is 5.